The lowest BCUT2D eigenvalue weighted by molar-refractivity contribution is 0.102. The van der Waals surface area contributed by atoms with Gasteiger partial charge in [-0.05, 0) is 43.5 Å². The van der Waals surface area contributed by atoms with Crippen LogP contribution < -0.4 is 5.32 Å². The van der Waals surface area contributed by atoms with E-state index in [0.717, 1.165) is 30.0 Å². The summed E-state index contributed by atoms with van der Waals surface area (Å²) < 4.78 is 5.92. The third-order valence-corrected chi connectivity index (χ3v) is 5.46. The van der Waals surface area contributed by atoms with Crippen molar-refractivity contribution in [2.24, 2.45) is 0 Å². The Kier molecular flexibility index (Phi) is 3.69. The highest BCUT2D eigenvalue weighted by Gasteiger charge is 2.41. The Bertz CT molecular complexity index is 996. The first kappa shape index (κ1) is 15.8. The van der Waals surface area contributed by atoms with E-state index >= 15 is 0 Å². The molecule has 1 aromatic carbocycles. The minimum absolute atomic E-state index is 0.0760. The van der Waals surface area contributed by atoms with Gasteiger partial charge in [-0.2, -0.15) is 0 Å². The van der Waals surface area contributed by atoms with Crippen molar-refractivity contribution in [3.63, 3.8) is 0 Å². The molecule has 6 nitrogen and oxygen atoms in total. The van der Waals surface area contributed by atoms with Crippen LogP contribution in [0.15, 0.2) is 36.7 Å². The van der Waals surface area contributed by atoms with Gasteiger partial charge in [0.05, 0.1) is 18.2 Å². The van der Waals surface area contributed by atoms with E-state index in [2.05, 4.69) is 20.5 Å². The Morgan fingerprint density at radius 1 is 1.15 bits per heavy atom. The number of hydrogen-bond acceptors (Lipinski definition) is 6. The summed E-state index contributed by atoms with van der Waals surface area (Å²) in [6, 6.07) is 7.11. The van der Waals surface area contributed by atoms with Gasteiger partial charge < -0.3 is 15.2 Å². The molecular weight excluding hydrogens is 352 g/mol. The lowest BCUT2D eigenvalue weighted by Crippen LogP contribution is -2.31. The fourth-order valence-electron chi connectivity index (χ4n) is 3.97. The van der Waals surface area contributed by atoms with Gasteiger partial charge in [0.2, 0.25) is 0 Å². The van der Waals surface area contributed by atoms with Gasteiger partial charge in [0.25, 0.3) is 0 Å². The van der Waals surface area contributed by atoms with E-state index in [9.17, 15) is 5.11 Å². The fourth-order valence-corrected chi connectivity index (χ4v) is 4.14. The molecule has 2 aromatic heterocycles. The summed E-state index contributed by atoms with van der Waals surface area (Å²) in [5, 5.41) is 24.8. The first-order valence-corrected chi connectivity index (χ1v) is 9.08. The monoisotopic (exact) mass is 368 g/mol. The topological polar surface area (TPSA) is 80.2 Å². The standard InChI is InChI=1S/C19H17ClN4O2/c20-10-1-3-13(16(25)7-10)18-12-5-6-21-9-14(12)19(24-23-18)22-15-8-11-2-4-17(15)26-11/h1,3,5-7,9,11,15,17,25H,2,4,8H2,(H,22,24)/t11-,15-,17+/m0/s1. The smallest absolute Gasteiger partial charge is 0.158 e. The lowest BCUT2D eigenvalue weighted by atomic mass is 9.95. The zero-order valence-electron chi connectivity index (χ0n) is 13.9. The molecule has 2 aliphatic heterocycles. The number of aromatic nitrogens is 3. The van der Waals surface area contributed by atoms with Gasteiger partial charge in [0.15, 0.2) is 5.82 Å². The van der Waals surface area contributed by atoms with Crippen molar-refractivity contribution in [3.8, 4) is 17.0 Å². The van der Waals surface area contributed by atoms with Gasteiger partial charge >= 0.3 is 0 Å². The minimum atomic E-state index is 0.0760. The van der Waals surface area contributed by atoms with Crippen molar-refractivity contribution in [2.45, 2.75) is 37.5 Å². The molecule has 2 aliphatic rings. The molecule has 0 amide bonds. The zero-order chi connectivity index (χ0) is 17.7. The number of nitrogens with one attached hydrogen (secondary N) is 1. The van der Waals surface area contributed by atoms with E-state index in [1.165, 1.54) is 6.07 Å². The van der Waals surface area contributed by atoms with Gasteiger partial charge in [0, 0.05) is 33.8 Å². The van der Waals surface area contributed by atoms with Crippen molar-refractivity contribution in [3.05, 3.63) is 41.7 Å². The van der Waals surface area contributed by atoms with E-state index in [0.29, 0.717) is 28.2 Å². The quantitative estimate of drug-likeness (QED) is 0.732. The lowest BCUT2D eigenvalue weighted by Gasteiger charge is -2.21. The van der Waals surface area contributed by atoms with Crippen molar-refractivity contribution in [2.75, 3.05) is 5.32 Å². The highest BCUT2D eigenvalue weighted by molar-refractivity contribution is 6.30. The Labute approximate surface area is 155 Å². The summed E-state index contributed by atoms with van der Waals surface area (Å²) >= 11 is 5.95. The molecule has 0 spiro atoms. The van der Waals surface area contributed by atoms with Crippen LogP contribution in [0.2, 0.25) is 5.02 Å². The highest BCUT2D eigenvalue weighted by atomic mass is 35.5. The van der Waals surface area contributed by atoms with Crippen molar-refractivity contribution in [1.82, 2.24) is 15.2 Å². The Morgan fingerprint density at radius 3 is 2.85 bits per heavy atom. The second-order valence-electron chi connectivity index (χ2n) is 6.84. The maximum Gasteiger partial charge on any atom is 0.158 e. The predicted molar refractivity (Wildman–Crippen MR) is 99.4 cm³/mol. The SMILES string of the molecule is Oc1cc(Cl)ccc1-c1nnc(N[C@H]2C[C@@H]3CC[C@H]2O3)c2cnccc12. The molecule has 3 atom stereocenters. The molecule has 2 fully saturated rings. The van der Waals surface area contributed by atoms with Gasteiger partial charge in [-0.15, -0.1) is 10.2 Å². The Hall–Kier alpha value is -2.44. The molecule has 0 saturated carbocycles. The van der Waals surface area contributed by atoms with Crippen molar-refractivity contribution in [1.29, 1.82) is 0 Å². The number of phenolic OH excluding ortho intramolecular Hbond substituents is 1. The number of nitrogens with zero attached hydrogens (tertiary/aromatic N) is 3. The van der Waals surface area contributed by atoms with Crippen LogP contribution in [0.1, 0.15) is 19.3 Å². The molecule has 7 heteroatoms. The van der Waals surface area contributed by atoms with Gasteiger partial charge in [0.1, 0.15) is 11.4 Å². The van der Waals surface area contributed by atoms with E-state index in [4.69, 9.17) is 16.3 Å². The second-order valence-corrected chi connectivity index (χ2v) is 7.28. The molecule has 3 aromatic rings. The summed E-state index contributed by atoms with van der Waals surface area (Å²) in [7, 11) is 0. The number of rotatable bonds is 3. The van der Waals surface area contributed by atoms with Gasteiger partial charge in [-0.25, -0.2) is 0 Å². The number of aromatic hydroxyl groups is 1. The highest BCUT2D eigenvalue weighted by Crippen LogP contribution is 2.38. The number of halogens is 1. The molecule has 132 valence electrons. The van der Waals surface area contributed by atoms with Crippen LogP contribution in [0.4, 0.5) is 5.82 Å². The number of fused-ring (bicyclic) bond motifs is 3. The van der Waals surface area contributed by atoms with E-state index < -0.39 is 0 Å². The molecular formula is C19H17ClN4O2. The molecule has 2 bridgehead atoms. The third-order valence-electron chi connectivity index (χ3n) is 5.22. The average Bonchev–Trinajstić information content (AvgIpc) is 3.26. The van der Waals surface area contributed by atoms with Crippen LogP contribution in [-0.2, 0) is 4.74 Å². The van der Waals surface area contributed by atoms with Crippen molar-refractivity contribution >= 4 is 28.2 Å². The maximum absolute atomic E-state index is 10.3. The van der Waals surface area contributed by atoms with Crippen LogP contribution in [0, 0.1) is 0 Å². The van der Waals surface area contributed by atoms with Crippen LogP contribution in [0.5, 0.6) is 5.75 Å². The number of anilines is 1. The minimum Gasteiger partial charge on any atom is -0.507 e. The molecule has 2 saturated heterocycles. The summed E-state index contributed by atoms with van der Waals surface area (Å²) in [6.07, 6.45) is 7.32. The van der Waals surface area contributed by atoms with Crippen LogP contribution >= 0.6 is 11.6 Å². The number of ether oxygens (including phenoxy) is 1. The van der Waals surface area contributed by atoms with Crippen molar-refractivity contribution < 1.29 is 9.84 Å². The number of pyridine rings is 1. The van der Waals surface area contributed by atoms with Gasteiger partial charge in [-0.1, -0.05) is 11.6 Å². The third kappa shape index (κ3) is 2.57. The first-order valence-electron chi connectivity index (χ1n) is 8.70. The largest absolute Gasteiger partial charge is 0.507 e. The maximum atomic E-state index is 10.3. The predicted octanol–water partition coefficient (Wildman–Crippen LogP) is 3.78. The normalized spacial score (nSPS) is 24.3. The molecule has 0 aliphatic carbocycles. The molecule has 5 rings (SSSR count). The van der Waals surface area contributed by atoms with E-state index in [-0.39, 0.29) is 17.9 Å². The van der Waals surface area contributed by atoms with Gasteiger partial charge in [-0.3, -0.25) is 4.98 Å². The Balaban J connectivity index is 1.58. The summed E-state index contributed by atoms with van der Waals surface area (Å²) in [6.45, 7) is 0. The average molecular weight is 369 g/mol. The molecule has 26 heavy (non-hydrogen) atoms. The number of phenols is 1. The van der Waals surface area contributed by atoms with E-state index in [1.54, 1.807) is 24.5 Å². The summed E-state index contributed by atoms with van der Waals surface area (Å²) in [5.41, 5.74) is 1.19. The van der Waals surface area contributed by atoms with Crippen LogP contribution in [0.25, 0.3) is 22.0 Å². The first-order chi connectivity index (χ1) is 12.7. The molecule has 4 heterocycles. The van der Waals surface area contributed by atoms with Crippen LogP contribution in [0.3, 0.4) is 0 Å². The van der Waals surface area contributed by atoms with E-state index in [1.807, 2.05) is 6.07 Å². The van der Waals surface area contributed by atoms with Crippen LogP contribution in [-0.4, -0.2) is 38.5 Å². The molecule has 0 radical (unpaired) electrons. The summed E-state index contributed by atoms with van der Waals surface area (Å²) in [5.74, 6) is 0.776. The molecule has 2 N–H and O–H groups in total. The second kappa shape index (κ2) is 6.07. The fraction of sp³-hybridized carbons (Fsp3) is 0.316. The molecule has 0 unspecified atom stereocenters. The number of benzene rings is 1. The zero-order valence-corrected chi connectivity index (χ0v) is 14.6. The Morgan fingerprint density at radius 2 is 2.08 bits per heavy atom. The summed E-state index contributed by atoms with van der Waals surface area (Å²) in [4.78, 5) is 4.24. The number of hydrogen-bond donors (Lipinski definition) is 2.